The molecule has 18 heavy (non-hydrogen) atoms. The fourth-order valence-corrected chi connectivity index (χ4v) is 2.29. The van der Waals surface area contributed by atoms with Crippen LogP contribution in [0.3, 0.4) is 0 Å². The molecule has 0 heterocycles. The van der Waals surface area contributed by atoms with Gasteiger partial charge in [0.05, 0.1) is 0 Å². The van der Waals surface area contributed by atoms with Gasteiger partial charge in [0.15, 0.2) is 0 Å². The highest BCUT2D eigenvalue weighted by molar-refractivity contribution is 9.08. The van der Waals surface area contributed by atoms with E-state index in [1.54, 1.807) is 0 Å². The number of rotatable bonds is 4. The molecule has 0 amide bonds. The Morgan fingerprint density at radius 1 is 1.17 bits per heavy atom. The van der Waals surface area contributed by atoms with Gasteiger partial charge in [-0.05, 0) is 36.2 Å². The third-order valence-corrected chi connectivity index (χ3v) is 3.65. The summed E-state index contributed by atoms with van der Waals surface area (Å²) in [4.78, 5) is 0. The molecular formula is C15H14BrClO. The minimum Gasteiger partial charge on any atom is -0.489 e. The molecule has 0 unspecified atom stereocenters. The molecule has 0 saturated heterocycles. The lowest BCUT2D eigenvalue weighted by Crippen LogP contribution is -1.97. The third kappa shape index (κ3) is 3.50. The van der Waals surface area contributed by atoms with E-state index in [1.165, 1.54) is 5.56 Å². The van der Waals surface area contributed by atoms with E-state index in [9.17, 15) is 0 Å². The van der Waals surface area contributed by atoms with Gasteiger partial charge in [0, 0.05) is 15.9 Å². The molecule has 0 radical (unpaired) electrons. The molecule has 0 N–H and O–H groups in total. The van der Waals surface area contributed by atoms with E-state index in [0.29, 0.717) is 6.61 Å². The molecule has 0 fully saturated rings. The van der Waals surface area contributed by atoms with Crippen LogP contribution < -0.4 is 4.74 Å². The minimum atomic E-state index is 0.491. The first-order chi connectivity index (χ1) is 8.69. The molecule has 2 aromatic carbocycles. The van der Waals surface area contributed by atoms with Crippen molar-refractivity contribution in [2.24, 2.45) is 0 Å². The Kier molecular flexibility index (Phi) is 4.67. The predicted molar refractivity (Wildman–Crippen MR) is 79.6 cm³/mol. The summed E-state index contributed by atoms with van der Waals surface area (Å²) in [6.07, 6.45) is 0. The summed E-state index contributed by atoms with van der Waals surface area (Å²) in [6.45, 7) is 2.51. The molecule has 0 saturated carbocycles. The van der Waals surface area contributed by atoms with Gasteiger partial charge in [-0.25, -0.2) is 0 Å². The van der Waals surface area contributed by atoms with Crippen LogP contribution in [0.2, 0.25) is 5.02 Å². The van der Waals surface area contributed by atoms with Crippen LogP contribution in [0.25, 0.3) is 0 Å². The van der Waals surface area contributed by atoms with Gasteiger partial charge in [-0.1, -0.05) is 51.8 Å². The molecular weight excluding hydrogens is 312 g/mol. The van der Waals surface area contributed by atoms with Crippen LogP contribution in [-0.4, -0.2) is 0 Å². The summed E-state index contributed by atoms with van der Waals surface area (Å²) < 4.78 is 5.75. The first kappa shape index (κ1) is 13.4. The van der Waals surface area contributed by atoms with Crippen LogP contribution >= 0.6 is 27.5 Å². The first-order valence-electron chi connectivity index (χ1n) is 5.72. The Morgan fingerprint density at radius 3 is 2.72 bits per heavy atom. The summed E-state index contributed by atoms with van der Waals surface area (Å²) in [7, 11) is 0. The zero-order chi connectivity index (χ0) is 13.0. The quantitative estimate of drug-likeness (QED) is 0.709. The average Bonchev–Trinajstić information content (AvgIpc) is 2.38. The van der Waals surface area contributed by atoms with Crippen LogP contribution in [-0.2, 0) is 11.9 Å². The van der Waals surface area contributed by atoms with Gasteiger partial charge in [-0.15, -0.1) is 0 Å². The van der Waals surface area contributed by atoms with Crippen molar-refractivity contribution in [3.63, 3.8) is 0 Å². The second-order valence-electron chi connectivity index (χ2n) is 4.16. The second kappa shape index (κ2) is 6.26. The van der Waals surface area contributed by atoms with E-state index < -0.39 is 0 Å². The van der Waals surface area contributed by atoms with E-state index in [1.807, 2.05) is 43.3 Å². The summed E-state index contributed by atoms with van der Waals surface area (Å²) in [5, 5.41) is 1.59. The van der Waals surface area contributed by atoms with E-state index in [-0.39, 0.29) is 0 Å². The van der Waals surface area contributed by atoms with E-state index in [2.05, 4.69) is 22.0 Å². The normalized spacial score (nSPS) is 10.4. The summed E-state index contributed by atoms with van der Waals surface area (Å²) in [5.41, 5.74) is 3.36. The molecule has 3 heteroatoms. The maximum absolute atomic E-state index is 6.17. The van der Waals surface area contributed by atoms with Crippen molar-refractivity contribution >= 4 is 27.5 Å². The highest BCUT2D eigenvalue weighted by atomic mass is 79.9. The predicted octanol–water partition coefficient (Wildman–Crippen LogP) is 5.12. The number of aryl methyl sites for hydroxylation is 1. The number of alkyl halides is 1. The second-order valence-corrected chi connectivity index (χ2v) is 5.13. The van der Waals surface area contributed by atoms with Crippen molar-refractivity contribution in [2.45, 2.75) is 18.9 Å². The number of halogens is 2. The van der Waals surface area contributed by atoms with Gasteiger partial charge in [0.25, 0.3) is 0 Å². The van der Waals surface area contributed by atoms with Crippen LogP contribution in [0, 0.1) is 6.92 Å². The largest absolute Gasteiger partial charge is 0.489 e. The minimum absolute atomic E-state index is 0.491. The Morgan fingerprint density at radius 2 is 2.00 bits per heavy atom. The van der Waals surface area contributed by atoms with Crippen LogP contribution in [0.5, 0.6) is 5.75 Å². The summed E-state index contributed by atoms with van der Waals surface area (Å²) >= 11 is 9.60. The Balaban J connectivity index is 2.06. The van der Waals surface area contributed by atoms with Crippen molar-refractivity contribution in [1.82, 2.24) is 0 Å². The highest BCUT2D eigenvalue weighted by Gasteiger charge is 2.02. The average molecular weight is 326 g/mol. The van der Waals surface area contributed by atoms with Crippen molar-refractivity contribution < 1.29 is 4.74 Å². The molecule has 0 aromatic heterocycles. The molecule has 94 valence electrons. The van der Waals surface area contributed by atoms with Crippen molar-refractivity contribution in [3.8, 4) is 5.75 Å². The van der Waals surface area contributed by atoms with Crippen LogP contribution in [0.15, 0.2) is 42.5 Å². The molecule has 0 aliphatic rings. The van der Waals surface area contributed by atoms with Gasteiger partial charge < -0.3 is 4.74 Å². The van der Waals surface area contributed by atoms with Gasteiger partial charge in [0.1, 0.15) is 12.4 Å². The van der Waals surface area contributed by atoms with E-state index in [4.69, 9.17) is 16.3 Å². The first-order valence-corrected chi connectivity index (χ1v) is 7.21. The number of hydrogen-bond acceptors (Lipinski definition) is 1. The molecule has 0 aliphatic carbocycles. The molecule has 0 atom stereocenters. The van der Waals surface area contributed by atoms with Gasteiger partial charge in [-0.2, -0.15) is 0 Å². The zero-order valence-corrected chi connectivity index (χ0v) is 12.5. The highest BCUT2D eigenvalue weighted by Crippen LogP contribution is 2.21. The molecule has 2 aromatic rings. The fourth-order valence-electron chi connectivity index (χ4n) is 1.65. The number of benzene rings is 2. The summed E-state index contributed by atoms with van der Waals surface area (Å²) in [5.74, 6) is 0.864. The topological polar surface area (TPSA) is 9.23 Å². The van der Waals surface area contributed by atoms with Gasteiger partial charge in [-0.3, -0.25) is 0 Å². The van der Waals surface area contributed by atoms with Gasteiger partial charge >= 0.3 is 0 Å². The van der Waals surface area contributed by atoms with Gasteiger partial charge in [0.2, 0.25) is 0 Å². The maximum atomic E-state index is 6.17. The Labute approximate surface area is 121 Å². The monoisotopic (exact) mass is 324 g/mol. The number of ether oxygens (including phenoxy) is 1. The molecule has 2 rings (SSSR count). The third-order valence-electron chi connectivity index (χ3n) is 2.66. The molecule has 1 nitrogen and oxygen atoms in total. The lowest BCUT2D eigenvalue weighted by Gasteiger charge is -2.09. The van der Waals surface area contributed by atoms with Crippen molar-refractivity contribution in [1.29, 1.82) is 0 Å². The van der Waals surface area contributed by atoms with Crippen LogP contribution in [0.4, 0.5) is 0 Å². The lowest BCUT2D eigenvalue weighted by atomic mass is 10.1. The zero-order valence-electron chi connectivity index (χ0n) is 10.1. The number of hydrogen-bond donors (Lipinski definition) is 0. The van der Waals surface area contributed by atoms with Crippen molar-refractivity contribution in [2.75, 3.05) is 0 Å². The standard InChI is InChI=1S/C15H14BrClO/c1-11-5-6-13(15(17)7-11)10-18-14-4-2-3-12(8-14)9-16/h2-8H,9-10H2,1H3. The Bertz CT molecular complexity index is 540. The summed E-state index contributed by atoms with van der Waals surface area (Å²) in [6, 6.07) is 14.0. The van der Waals surface area contributed by atoms with Crippen molar-refractivity contribution in [3.05, 3.63) is 64.2 Å². The van der Waals surface area contributed by atoms with Crippen LogP contribution in [0.1, 0.15) is 16.7 Å². The molecule has 0 bridgehead atoms. The molecule has 0 aliphatic heterocycles. The molecule has 0 spiro atoms. The fraction of sp³-hybridized carbons (Fsp3) is 0.200. The lowest BCUT2D eigenvalue weighted by molar-refractivity contribution is 0.306. The van der Waals surface area contributed by atoms with E-state index >= 15 is 0 Å². The SMILES string of the molecule is Cc1ccc(COc2cccc(CBr)c2)c(Cl)c1. The smallest absolute Gasteiger partial charge is 0.120 e. The van der Waals surface area contributed by atoms with E-state index in [0.717, 1.165) is 27.2 Å². The Hall–Kier alpha value is -0.990. The maximum Gasteiger partial charge on any atom is 0.120 e.